The first kappa shape index (κ1) is 18.6. The molecule has 0 aliphatic heterocycles. The lowest BCUT2D eigenvalue weighted by molar-refractivity contribution is -0.136. The van der Waals surface area contributed by atoms with Crippen LogP contribution < -0.4 is 0 Å². The lowest BCUT2D eigenvalue weighted by Gasteiger charge is -2.35. The molecule has 0 saturated heterocycles. The summed E-state index contributed by atoms with van der Waals surface area (Å²) >= 11 is 0. The Hall–Kier alpha value is -0.353. The van der Waals surface area contributed by atoms with Crippen LogP contribution >= 0.6 is 0 Å². The van der Waals surface area contributed by atoms with Crippen molar-refractivity contribution in [3.63, 3.8) is 0 Å². The summed E-state index contributed by atoms with van der Waals surface area (Å²) in [6, 6.07) is 3.08. The molecule has 0 rings (SSSR count). The van der Waals surface area contributed by atoms with Crippen molar-refractivity contribution in [2.24, 2.45) is 17.8 Å². The molecule has 0 bridgehead atoms. The number of carbonyl (C=O) groups excluding carboxylic acids is 1. The van der Waals surface area contributed by atoms with Gasteiger partial charge in [-0.1, -0.05) is 41.5 Å². The van der Waals surface area contributed by atoms with Crippen LogP contribution in [-0.2, 0) is 9.22 Å². The molecule has 0 spiro atoms. The molecule has 114 valence electrons. The molecule has 0 fully saturated rings. The molecule has 0 heterocycles. The Kier molecular flexibility index (Phi) is 8.58. The highest BCUT2D eigenvalue weighted by atomic mass is 28.4. The van der Waals surface area contributed by atoms with Crippen molar-refractivity contribution in [3.8, 4) is 0 Å². The van der Waals surface area contributed by atoms with Crippen molar-refractivity contribution in [2.45, 2.75) is 66.1 Å². The Labute approximate surface area is 119 Å². The molecule has 0 aliphatic rings. The summed E-state index contributed by atoms with van der Waals surface area (Å²) in [6.45, 7) is 13.1. The van der Waals surface area contributed by atoms with Gasteiger partial charge in [-0.2, -0.15) is 0 Å². The Bertz CT molecular complexity index is 236. The van der Waals surface area contributed by atoms with Crippen molar-refractivity contribution in [1.29, 1.82) is 0 Å². The van der Waals surface area contributed by atoms with Gasteiger partial charge in [0.15, 0.2) is 0 Å². The summed E-state index contributed by atoms with van der Waals surface area (Å²) in [5.41, 5.74) is 0. The van der Waals surface area contributed by atoms with E-state index in [2.05, 4.69) is 41.5 Å². The molecule has 0 amide bonds. The van der Waals surface area contributed by atoms with Crippen LogP contribution in [0.25, 0.3) is 0 Å². The van der Waals surface area contributed by atoms with E-state index < -0.39 is 8.32 Å². The molecule has 0 aliphatic carbocycles. The molecule has 0 aromatic carbocycles. The zero-order valence-electron chi connectivity index (χ0n) is 13.5. The highest BCUT2D eigenvalue weighted by Gasteiger charge is 2.40. The maximum atomic E-state index is 11.9. The summed E-state index contributed by atoms with van der Waals surface area (Å²) in [5, 5.41) is 8.89. The number of carbonyl (C=O) groups is 1. The summed E-state index contributed by atoms with van der Waals surface area (Å²) in [4.78, 5) is 11.9. The van der Waals surface area contributed by atoms with E-state index in [0.717, 1.165) is 18.1 Å². The van der Waals surface area contributed by atoms with Gasteiger partial charge in [-0.15, -0.1) is 0 Å². The summed E-state index contributed by atoms with van der Waals surface area (Å²) in [6.07, 6.45) is 0.128. The zero-order chi connectivity index (χ0) is 15.1. The van der Waals surface area contributed by atoms with Gasteiger partial charge in [-0.05, 0) is 35.9 Å². The van der Waals surface area contributed by atoms with E-state index in [0.29, 0.717) is 17.8 Å². The van der Waals surface area contributed by atoms with Crippen LogP contribution in [-0.4, -0.2) is 26.0 Å². The van der Waals surface area contributed by atoms with Gasteiger partial charge in [0.25, 0.3) is 14.3 Å². The van der Waals surface area contributed by atoms with Crippen molar-refractivity contribution in [1.82, 2.24) is 0 Å². The average molecular weight is 289 g/mol. The maximum absolute atomic E-state index is 11.9. The van der Waals surface area contributed by atoms with E-state index in [1.165, 1.54) is 0 Å². The van der Waals surface area contributed by atoms with Crippen LogP contribution in [0.2, 0.25) is 18.1 Å². The minimum absolute atomic E-state index is 0.117. The first-order chi connectivity index (χ1) is 8.70. The van der Waals surface area contributed by atoms with Crippen LogP contribution in [0.3, 0.4) is 0 Å². The quantitative estimate of drug-likeness (QED) is 0.656. The molecule has 1 N–H and O–H groups in total. The molecule has 19 heavy (non-hydrogen) atoms. The van der Waals surface area contributed by atoms with Crippen molar-refractivity contribution < 1.29 is 14.3 Å². The number of aliphatic hydroxyl groups excluding tert-OH is 1. The summed E-state index contributed by atoms with van der Waals surface area (Å²) in [5.74, 6) is 1.43. The maximum Gasteiger partial charge on any atom is 0.294 e. The standard InChI is InChI=1S/C15H32O3Si/c1-12(2)9-19(10-13(3)4,11-14(5)6)18-15(17)7-8-16/h12-14,16H,7-11H2,1-6H3. The lowest BCUT2D eigenvalue weighted by Crippen LogP contribution is -2.44. The predicted octanol–water partition coefficient (Wildman–Crippen LogP) is 3.83. The Morgan fingerprint density at radius 1 is 0.947 bits per heavy atom. The van der Waals surface area contributed by atoms with Gasteiger partial charge in [0.2, 0.25) is 0 Å². The smallest absolute Gasteiger partial charge is 0.294 e. The summed E-state index contributed by atoms with van der Waals surface area (Å²) in [7, 11) is -2.05. The van der Waals surface area contributed by atoms with Crippen LogP contribution in [0, 0.1) is 17.8 Å². The van der Waals surface area contributed by atoms with Gasteiger partial charge in [0.05, 0.1) is 13.0 Å². The van der Waals surface area contributed by atoms with Gasteiger partial charge in [0.1, 0.15) is 0 Å². The van der Waals surface area contributed by atoms with Crippen LogP contribution in [0.5, 0.6) is 0 Å². The molecule has 0 unspecified atom stereocenters. The first-order valence-electron chi connectivity index (χ1n) is 7.53. The van der Waals surface area contributed by atoms with Gasteiger partial charge in [-0.25, -0.2) is 0 Å². The molecule has 0 aromatic rings. The van der Waals surface area contributed by atoms with E-state index in [1.54, 1.807) is 0 Å². The fraction of sp³-hybridized carbons (Fsp3) is 0.933. The Balaban J connectivity index is 5.03. The third-order valence-corrected chi connectivity index (χ3v) is 8.33. The SMILES string of the molecule is CC(C)C[Si](CC(C)C)(CC(C)C)OC(=O)CCO. The van der Waals surface area contributed by atoms with Crippen LogP contribution in [0.15, 0.2) is 0 Å². The molecule has 0 atom stereocenters. The largest absolute Gasteiger partial charge is 0.519 e. The number of rotatable bonds is 9. The minimum atomic E-state index is -2.05. The first-order valence-corrected chi connectivity index (χ1v) is 10.1. The number of aliphatic hydroxyl groups is 1. The third-order valence-electron chi connectivity index (χ3n) is 2.99. The number of hydrogen-bond acceptors (Lipinski definition) is 3. The summed E-state index contributed by atoms with van der Waals surface area (Å²) < 4.78 is 5.95. The van der Waals surface area contributed by atoms with Gasteiger partial charge >= 0.3 is 0 Å². The van der Waals surface area contributed by atoms with Crippen LogP contribution in [0.4, 0.5) is 0 Å². The topological polar surface area (TPSA) is 46.5 Å². The highest BCUT2D eigenvalue weighted by Crippen LogP contribution is 2.33. The molecular formula is C15H32O3Si. The Morgan fingerprint density at radius 2 is 1.32 bits per heavy atom. The Morgan fingerprint density at radius 3 is 1.58 bits per heavy atom. The zero-order valence-corrected chi connectivity index (χ0v) is 14.5. The molecule has 0 radical (unpaired) electrons. The van der Waals surface area contributed by atoms with E-state index in [9.17, 15) is 4.79 Å². The van der Waals surface area contributed by atoms with E-state index in [4.69, 9.17) is 9.53 Å². The van der Waals surface area contributed by atoms with Gasteiger partial charge in [0, 0.05) is 0 Å². The van der Waals surface area contributed by atoms with Crippen molar-refractivity contribution >= 4 is 14.3 Å². The molecule has 3 nitrogen and oxygen atoms in total. The lowest BCUT2D eigenvalue weighted by atomic mass is 10.2. The van der Waals surface area contributed by atoms with E-state index >= 15 is 0 Å². The normalized spacial score (nSPS) is 12.5. The predicted molar refractivity (Wildman–Crippen MR) is 82.5 cm³/mol. The highest BCUT2D eigenvalue weighted by molar-refractivity contribution is 6.75. The minimum Gasteiger partial charge on any atom is -0.519 e. The van der Waals surface area contributed by atoms with E-state index in [1.807, 2.05) is 0 Å². The van der Waals surface area contributed by atoms with Crippen molar-refractivity contribution in [3.05, 3.63) is 0 Å². The van der Waals surface area contributed by atoms with Crippen molar-refractivity contribution in [2.75, 3.05) is 6.61 Å². The molecule has 4 heteroatoms. The molecular weight excluding hydrogens is 256 g/mol. The monoisotopic (exact) mass is 288 g/mol. The second kappa shape index (κ2) is 8.75. The third kappa shape index (κ3) is 8.42. The fourth-order valence-corrected chi connectivity index (χ4v) is 8.79. The second-order valence-electron chi connectivity index (χ2n) is 6.92. The average Bonchev–Trinajstić information content (AvgIpc) is 2.12. The molecule has 0 saturated carbocycles. The number of hydrogen-bond donors (Lipinski definition) is 1. The van der Waals surface area contributed by atoms with Gasteiger partial charge < -0.3 is 9.53 Å². The van der Waals surface area contributed by atoms with Crippen LogP contribution in [0.1, 0.15) is 48.0 Å². The van der Waals surface area contributed by atoms with Gasteiger partial charge in [-0.3, -0.25) is 4.79 Å². The van der Waals surface area contributed by atoms with E-state index in [-0.39, 0.29) is 19.0 Å². The fourth-order valence-electron chi connectivity index (χ4n) is 2.99. The second-order valence-corrected chi connectivity index (χ2v) is 10.7. The molecule has 0 aromatic heterocycles.